The molecular formula is C15H16FNOS. The van der Waals surface area contributed by atoms with Crippen LogP contribution in [0.4, 0.5) is 10.1 Å². The van der Waals surface area contributed by atoms with E-state index in [1.165, 1.54) is 17.7 Å². The van der Waals surface area contributed by atoms with E-state index in [1.807, 2.05) is 31.2 Å². The van der Waals surface area contributed by atoms with Crippen molar-refractivity contribution in [3.63, 3.8) is 0 Å². The highest BCUT2D eigenvalue weighted by atomic mass is 32.2. The van der Waals surface area contributed by atoms with Gasteiger partial charge in [-0.05, 0) is 42.8 Å². The lowest BCUT2D eigenvalue weighted by Gasteiger charge is -2.08. The molecule has 0 saturated heterocycles. The van der Waals surface area contributed by atoms with Gasteiger partial charge in [0.2, 0.25) is 0 Å². The highest BCUT2D eigenvalue weighted by Gasteiger charge is 2.02. The third-order valence-electron chi connectivity index (χ3n) is 2.57. The fraction of sp³-hybridized carbons (Fsp3) is 0.200. The lowest BCUT2D eigenvalue weighted by molar-refractivity contribution is 0.344. The van der Waals surface area contributed by atoms with Crippen LogP contribution in [0.3, 0.4) is 0 Å². The van der Waals surface area contributed by atoms with Crippen LogP contribution in [0.2, 0.25) is 0 Å². The van der Waals surface area contributed by atoms with Gasteiger partial charge in [0.1, 0.15) is 11.6 Å². The van der Waals surface area contributed by atoms with E-state index >= 15 is 0 Å². The molecule has 100 valence electrons. The number of nitrogen functional groups attached to an aromatic ring is 1. The minimum atomic E-state index is -0.308. The lowest BCUT2D eigenvalue weighted by atomic mass is 10.2. The van der Waals surface area contributed by atoms with Gasteiger partial charge >= 0.3 is 0 Å². The number of rotatable bonds is 5. The molecule has 0 aliphatic carbocycles. The third kappa shape index (κ3) is 4.17. The maximum atomic E-state index is 12.9. The molecular weight excluding hydrogens is 261 g/mol. The molecule has 0 heterocycles. The molecule has 2 rings (SSSR count). The molecule has 0 aromatic heterocycles. The Morgan fingerprint density at radius 2 is 2.05 bits per heavy atom. The molecule has 2 N–H and O–H groups in total. The Labute approximate surface area is 116 Å². The molecule has 2 aromatic rings. The maximum Gasteiger partial charge on any atom is 0.125 e. The van der Waals surface area contributed by atoms with E-state index in [2.05, 4.69) is 0 Å². The van der Waals surface area contributed by atoms with Crippen molar-refractivity contribution in [2.45, 2.75) is 11.8 Å². The van der Waals surface area contributed by atoms with Crippen LogP contribution in [-0.2, 0) is 0 Å². The summed E-state index contributed by atoms with van der Waals surface area (Å²) in [5.74, 6) is 1.33. The average molecular weight is 277 g/mol. The van der Waals surface area contributed by atoms with E-state index < -0.39 is 0 Å². The van der Waals surface area contributed by atoms with Crippen LogP contribution in [0.25, 0.3) is 0 Å². The number of aryl methyl sites for hydroxylation is 1. The zero-order valence-corrected chi connectivity index (χ0v) is 11.5. The Morgan fingerprint density at radius 1 is 1.21 bits per heavy atom. The number of nitrogens with two attached hydrogens (primary N) is 1. The lowest BCUT2D eigenvalue weighted by Crippen LogP contribution is -2.01. The van der Waals surface area contributed by atoms with Gasteiger partial charge in [-0.2, -0.15) is 0 Å². The molecule has 0 atom stereocenters. The summed E-state index contributed by atoms with van der Waals surface area (Å²) in [6.45, 7) is 2.62. The van der Waals surface area contributed by atoms with Crippen LogP contribution in [-0.4, -0.2) is 12.4 Å². The Kier molecular flexibility index (Phi) is 4.68. The maximum absolute atomic E-state index is 12.9. The SMILES string of the molecule is Cc1cccc(OCCSc2ccc(F)cc2N)c1. The summed E-state index contributed by atoms with van der Waals surface area (Å²) in [7, 11) is 0. The van der Waals surface area contributed by atoms with E-state index in [1.54, 1.807) is 17.8 Å². The predicted molar refractivity (Wildman–Crippen MR) is 78.2 cm³/mol. The first-order valence-electron chi connectivity index (χ1n) is 6.02. The molecule has 0 amide bonds. The van der Waals surface area contributed by atoms with Crippen molar-refractivity contribution in [1.82, 2.24) is 0 Å². The van der Waals surface area contributed by atoms with E-state index in [0.717, 1.165) is 16.4 Å². The first-order chi connectivity index (χ1) is 9.15. The number of ether oxygens (including phenoxy) is 1. The Balaban J connectivity index is 1.81. The average Bonchev–Trinajstić information content (AvgIpc) is 2.37. The zero-order valence-electron chi connectivity index (χ0n) is 10.7. The number of halogens is 1. The molecule has 0 unspecified atom stereocenters. The third-order valence-corrected chi connectivity index (χ3v) is 3.62. The Morgan fingerprint density at radius 3 is 2.79 bits per heavy atom. The van der Waals surface area contributed by atoms with Crippen LogP contribution >= 0.6 is 11.8 Å². The number of hydrogen-bond donors (Lipinski definition) is 1. The van der Waals surface area contributed by atoms with Crippen molar-refractivity contribution in [3.05, 3.63) is 53.8 Å². The molecule has 0 fully saturated rings. The van der Waals surface area contributed by atoms with Gasteiger partial charge < -0.3 is 10.5 Å². The van der Waals surface area contributed by atoms with Crippen LogP contribution in [0.1, 0.15) is 5.56 Å². The Hall–Kier alpha value is -1.68. The van der Waals surface area contributed by atoms with Gasteiger partial charge in [0, 0.05) is 16.3 Å². The van der Waals surface area contributed by atoms with Gasteiger partial charge in [-0.15, -0.1) is 11.8 Å². The van der Waals surface area contributed by atoms with Gasteiger partial charge in [-0.3, -0.25) is 0 Å². The second-order valence-corrected chi connectivity index (χ2v) is 5.33. The molecule has 0 radical (unpaired) electrons. The second-order valence-electron chi connectivity index (χ2n) is 4.20. The minimum Gasteiger partial charge on any atom is -0.493 e. The van der Waals surface area contributed by atoms with Crippen molar-refractivity contribution in [2.24, 2.45) is 0 Å². The van der Waals surface area contributed by atoms with Crippen molar-refractivity contribution in [2.75, 3.05) is 18.1 Å². The monoisotopic (exact) mass is 277 g/mol. The van der Waals surface area contributed by atoms with Crippen molar-refractivity contribution >= 4 is 17.4 Å². The zero-order chi connectivity index (χ0) is 13.7. The molecule has 2 nitrogen and oxygen atoms in total. The van der Waals surface area contributed by atoms with Crippen LogP contribution in [0, 0.1) is 12.7 Å². The van der Waals surface area contributed by atoms with E-state index in [0.29, 0.717) is 12.3 Å². The summed E-state index contributed by atoms with van der Waals surface area (Å²) in [5, 5.41) is 0. The first-order valence-corrected chi connectivity index (χ1v) is 7.01. The van der Waals surface area contributed by atoms with E-state index in [-0.39, 0.29) is 5.82 Å². The molecule has 0 aliphatic rings. The fourth-order valence-corrected chi connectivity index (χ4v) is 2.44. The second kappa shape index (κ2) is 6.48. The molecule has 4 heteroatoms. The van der Waals surface area contributed by atoms with E-state index in [9.17, 15) is 4.39 Å². The molecule has 19 heavy (non-hydrogen) atoms. The number of thioether (sulfide) groups is 1. The Bertz CT molecular complexity index is 560. The fourth-order valence-electron chi connectivity index (χ4n) is 1.67. The number of hydrogen-bond acceptors (Lipinski definition) is 3. The summed E-state index contributed by atoms with van der Waals surface area (Å²) >= 11 is 1.56. The van der Waals surface area contributed by atoms with Crippen molar-refractivity contribution < 1.29 is 9.13 Å². The van der Waals surface area contributed by atoms with Gasteiger partial charge in [0.25, 0.3) is 0 Å². The van der Waals surface area contributed by atoms with Gasteiger partial charge in [-0.1, -0.05) is 12.1 Å². The van der Waals surface area contributed by atoms with Gasteiger partial charge in [0.15, 0.2) is 0 Å². The van der Waals surface area contributed by atoms with Crippen molar-refractivity contribution in [3.8, 4) is 5.75 Å². The van der Waals surface area contributed by atoms with Crippen LogP contribution in [0.15, 0.2) is 47.4 Å². The minimum absolute atomic E-state index is 0.308. The quantitative estimate of drug-likeness (QED) is 0.511. The predicted octanol–water partition coefficient (Wildman–Crippen LogP) is 3.89. The normalized spacial score (nSPS) is 10.4. The van der Waals surface area contributed by atoms with Gasteiger partial charge in [0.05, 0.1) is 6.61 Å². The molecule has 2 aromatic carbocycles. The van der Waals surface area contributed by atoms with Crippen LogP contribution in [0.5, 0.6) is 5.75 Å². The van der Waals surface area contributed by atoms with E-state index in [4.69, 9.17) is 10.5 Å². The molecule has 0 spiro atoms. The van der Waals surface area contributed by atoms with Crippen molar-refractivity contribution in [1.29, 1.82) is 0 Å². The van der Waals surface area contributed by atoms with Gasteiger partial charge in [-0.25, -0.2) is 4.39 Å². The first kappa shape index (κ1) is 13.7. The standard InChI is InChI=1S/C15H16FNOS/c1-11-3-2-4-13(9-11)18-7-8-19-15-6-5-12(16)10-14(15)17/h2-6,9-10H,7-8,17H2,1H3. The summed E-state index contributed by atoms with van der Waals surface area (Å²) in [6, 6.07) is 12.4. The highest BCUT2D eigenvalue weighted by Crippen LogP contribution is 2.25. The summed E-state index contributed by atoms with van der Waals surface area (Å²) < 4.78 is 18.5. The highest BCUT2D eigenvalue weighted by molar-refractivity contribution is 7.99. The smallest absolute Gasteiger partial charge is 0.125 e. The largest absolute Gasteiger partial charge is 0.493 e. The molecule has 0 saturated carbocycles. The summed E-state index contributed by atoms with van der Waals surface area (Å²) in [5.41, 5.74) is 7.38. The summed E-state index contributed by atoms with van der Waals surface area (Å²) in [6.07, 6.45) is 0. The van der Waals surface area contributed by atoms with Crippen LogP contribution < -0.4 is 10.5 Å². The summed E-state index contributed by atoms with van der Waals surface area (Å²) in [4.78, 5) is 0.884. The molecule has 0 bridgehead atoms. The topological polar surface area (TPSA) is 35.2 Å². The molecule has 0 aliphatic heterocycles. The number of anilines is 1. The number of benzene rings is 2.